The van der Waals surface area contributed by atoms with Crippen LogP contribution in [-0.2, 0) is 20.7 Å². The lowest BCUT2D eigenvalue weighted by Gasteiger charge is -2.40. The predicted molar refractivity (Wildman–Crippen MR) is 150 cm³/mol. The Labute approximate surface area is 251 Å². The molecule has 0 aromatic heterocycles. The molecule has 0 amide bonds. The topological polar surface area (TPSA) is 236 Å². The van der Waals surface area contributed by atoms with E-state index in [1.54, 1.807) is 18.2 Å². The van der Waals surface area contributed by atoms with Crippen LogP contribution >= 0.6 is 0 Å². The van der Waals surface area contributed by atoms with Crippen molar-refractivity contribution in [3.63, 3.8) is 0 Å². The molecule has 240 valence electrons. The first-order chi connectivity index (χ1) is 20.9. The van der Waals surface area contributed by atoms with Gasteiger partial charge in [0.2, 0.25) is 12.6 Å². The van der Waals surface area contributed by atoms with E-state index >= 15 is 0 Å². The van der Waals surface area contributed by atoms with Gasteiger partial charge in [0.15, 0.2) is 6.10 Å². The maximum absolute atomic E-state index is 11.6. The Morgan fingerprint density at radius 2 is 1.39 bits per heavy atom. The van der Waals surface area contributed by atoms with Gasteiger partial charge in [-0.25, -0.2) is 4.79 Å². The van der Waals surface area contributed by atoms with Crippen LogP contribution in [0.3, 0.4) is 0 Å². The summed E-state index contributed by atoms with van der Waals surface area (Å²) in [6, 6.07) is 9.19. The van der Waals surface area contributed by atoms with Gasteiger partial charge < -0.3 is 64.9 Å². The fourth-order valence-corrected chi connectivity index (χ4v) is 4.93. The molecular weight excluding hydrogens is 584 g/mol. The van der Waals surface area contributed by atoms with Crippen molar-refractivity contribution in [1.29, 1.82) is 0 Å². The Morgan fingerprint density at radius 3 is 1.95 bits per heavy atom. The lowest BCUT2D eigenvalue weighted by molar-refractivity contribution is -0.277. The number of benzene rings is 2. The van der Waals surface area contributed by atoms with Gasteiger partial charge in [-0.05, 0) is 41.8 Å². The van der Waals surface area contributed by atoms with Crippen molar-refractivity contribution in [3.05, 3.63) is 72.8 Å². The molecule has 2 fully saturated rings. The zero-order chi connectivity index (χ0) is 32.3. The molecule has 0 aliphatic carbocycles. The van der Waals surface area contributed by atoms with Crippen molar-refractivity contribution in [2.24, 2.45) is 0 Å². The first kappa shape index (κ1) is 33.5. The molecule has 1 unspecified atom stereocenters. The summed E-state index contributed by atoms with van der Waals surface area (Å²) in [5.41, 5.74) is 1.50. The number of allylic oxidation sites excluding steroid dienone is 1. The quantitative estimate of drug-likeness (QED) is 0.134. The summed E-state index contributed by atoms with van der Waals surface area (Å²) < 4.78 is 22.6. The minimum Gasteiger partial charge on any atom is -0.479 e. The summed E-state index contributed by atoms with van der Waals surface area (Å²) in [4.78, 5) is 11.6. The first-order valence-electron chi connectivity index (χ1n) is 13.7. The van der Waals surface area contributed by atoms with Crippen molar-refractivity contribution >= 4 is 5.97 Å². The molecule has 2 aliphatic rings. The Morgan fingerprint density at radius 1 is 0.818 bits per heavy atom. The summed E-state index contributed by atoms with van der Waals surface area (Å²) in [6.07, 6.45) is -15.2. The van der Waals surface area contributed by atoms with E-state index in [1.807, 2.05) is 0 Å². The molecule has 0 spiro atoms. The Hall–Kier alpha value is -3.41. The van der Waals surface area contributed by atoms with Gasteiger partial charge in [0, 0.05) is 11.1 Å². The van der Waals surface area contributed by atoms with Gasteiger partial charge in [0.1, 0.15) is 54.2 Å². The highest BCUT2D eigenvalue weighted by atomic mass is 16.7. The van der Waals surface area contributed by atoms with Crippen molar-refractivity contribution in [3.8, 4) is 22.6 Å². The van der Waals surface area contributed by atoms with Gasteiger partial charge in [-0.15, -0.1) is 13.2 Å². The van der Waals surface area contributed by atoms with E-state index in [0.29, 0.717) is 12.0 Å². The predicted octanol–water partition coefficient (Wildman–Crippen LogP) is -1.25. The highest BCUT2D eigenvalue weighted by molar-refractivity contribution is 5.77. The molecule has 0 saturated carbocycles. The number of aliphatic hydroxyl groups excluding tert-OH is 8. The van der Waals surface area contributed by atoms with Crippen LogP contribution in [0.25, 0.3) is 11.1 Å². The first-order valence-corrected chi connectivity index (χ1v) is 13.7. The number of carboxylic acids is 1. The van der Waals surface area contributed by atoms with Crippen LogP contribution in [0.5, 0.6) is 11.5 Å². The molecule has 14 nitrogen and oxygen atoms in total. The number of hydrogen-bond donors (Lipinski definition) is 9. The molecule has 44 heavy (non-hydrogen) atoms. The van der Waals surface area contributed by atoms with Crippen molar-refractivity contribution in [1.82, 2.24) is 0 Å². The number of ether oxygens (including phenoxy) is 4. The van der Waals surface area contributed by atoms with E-state index in [2.05, 4.69) is 13.2 Å². The molecule has 0 radical (unpaired) electrons. The maximum atomic E-state index is 11.6. The van der Waals surface area contributed by atoms with Crippen molar-refractivity contribution in [2.75, 3.05) is 6.61 Å². The molecule has 2 aromatic carbocycles. The van der Waals surface area contributed by atoms with E-state index in [-0.39, 0.29) is 22.6 Å². The summed E-state index contributed by atoms with van der Waals surface area (Å²) >= 11 is 0. The Bertz CT molecular complexity index is 1330. The van der Waals surface area contributed by atoms with Gasteiger partial charge in [-0.2, -0.15) is 0 Å². The lowest BCUT2D eigenvalue weighted by atomic mass is 9.95. The molecule has 2 aliphatic heterocycles. The number of aliphatic carboxylic acids is 1. The lowest BCUT2D eigenvalue weighted by Crippen LogP contribution is -2.61. The minimum atomic E-state index is -1.94. The van der Waals surface area contributed by atoms with Crippen LogP contribution in [0, 0.1) is 0 Å². The molecule has 14 heteroatoms. The highest BCUT2D eigenvalue weighted by Crippen LogP contribution is 2.41. The van der Waals surface area contributed by atoms with E-state index in [4.69, 9.17) is 18.9 Å². The normalized spacial score (nSPS) is 32.8. The van der Waals surface area contributed by atoms with Crippen molar-refractivity contribution < 1.29 is 69.7 Å². The van der Waals surface area contributed by atoms with Crippen LogP contribution in [0.2, 0.25) is 0 Å². The third-order valence-electron chi connectivity index (χ3n) is 7.43. The zero-order valence-corrected chi connectivity index (χ0v) is 23.4. The molecule has 0 bridgehead atoms. The largest absolute Gasteiger partial charge is 0.479 e. The van der Waals surface area contributed by atoms with Crippen LogP contribution in [-0.4, -0.2) is 120 Å². The van der Waals surface area contributed by atoms with Crippen molar-refractivity contribution in [2.45, 2.75) is 73.9 Å². The molecular formula is C30H36O14. The second-order valence-electron chi connectivity index (χ2n) is 10.4. The third-order valence-corrected chi connectivity index (χ3v) is 7.43. The molecule has 9 N–H and O–H groups in total. The Kier molecular flexibility index (Phi) is 10.8. The second kappa shape index (κ2) is 14.1. The average molecular weight is 621 g/mol. The smallest absolute Gasteiger partial charge is 0.335 e. The molecule has 2 aromatic rings. The maximum Gasteiger partial charge on any atom is 0.335 e. The summed E-state index contributed by atoms with van der Waals surface area (Å²) in [5.74, 6) is -1.61. The second-order valence-corrected chi connectivity index (χ2v) is 10.4. The van der Waals surface area contributed by atoms with Gasteiger partial charge in [0.25, 0.3) is 0 Å². The van der Waals surface area contributed by atoms with Crippen LogP contribution in [0.15, 0.2) is 61.7 Å². The van der Waals surface area contributed by atoms with Gasteiger partial charge in [-0.3, -0.25) is 0 Å². The molecule has 4 rings (SSSR count). The number of rotatable bonds is 11. The van der Waals surface area contributed by atoms with Crippen LogP contribution in [0.1, 0.15) is 17.2 Å². The number of aliphatic hydroxyl groups is 8. The molecule has 2 heterocycles. The molecule has 2 saturated heterocycles. The number of carbonyl (C=O) groups is 1. The summed E-state index contributed by atoms with van der Waals surface area (Å²) in [5, 5.41) is 91.5. The van der Waals surface area contributed by atoms with Crippen LogP contribution in [0.4, 0.5) is 0 Å². The summed E-state index contributed by atoms with van der Waals surface area (Å²) in [6.45, 7) is 6.65. The number of carboxylic acid groups (broad SMARTS) is 1. The Balaban J connectivity index is 1.81. The molecule has 11 atom stereocenters. The third kappa shape index (κ3) is 6.79. The van der Waals surface area contributed by atoms with Gasteiger partial charge in [0.05, 0.1) is 12.7 Å². The number of hydrogen-bond acceptors (Lipinski definition) is 13. The van der Waals surface area contributed by atoms with E-state index in [9.17, 15) is 50.8 Å². The SMILES string of the molecule is C=CCc1ccc(O[C@@H]2O[C@H](CO)[C@@H](O)[C@H](O)[C@H]2O)c(-c2cc(C(O)C=C)ccc2O[C@@H]2O[C@H](C(=O)O)[C@@H](O)[C@H](O)[C@H]2O)c1. The monoisotopic (exact) mass is 620 g/mol. The zero-order valence-electron chi connectivity index (χ0n) is 23.4. The van der Waals surface area contributed by atoms with Crippen LogP contribution < -0.4 is 9.47 Å². The van der Waals surface area contributed by atoms with Gasteiger partial charge in [-0.1, -0.05) is 24.3 Å². The minimum absolute atomic E-state index is 0.0428. The standard InChI is InChI=1S/C30H36O14/c1-3-5-13-6-8-18(41-29-25(37)22(34)21(33)20(12-31)43-29)15(10-13)16-11-14(17(32)4-2)7-9-19(16)42-30-26(38)23(35)24(36)27(44-30)28(39)40/h3-4,6-11,17,20-27,29-38H,1-2,5,12H2,(H,39,40)/t17?,20-,21-,22+,23+,24+,25-,26-,27+,29-,30-/m1/s1. The fourth-order valence-electron chi connectivity index (χ4n) is 4.93. The summed E-state index contributed by atoms with van der Waals surface area (Å²) in [7, 11) is 0. The van der Waals surface area contributed by atoms with E-state index in [0.717, 1.165) is 5.56 Å². The average Bonchev–Trinajstić information content (AvgIpc) is 3.01. The van der Waals surface area contributed by atoms with Gasteiger partial charge >= 0.3 is 5.97 Å². The van der Waals surface area contributed by atoms with E-state index in [1.165, 1.54) is 30.3 Å². The fraction of sp³-hybridized carbons (Fsp3) is 0.433. The highest BCUT2D eigenvalue weighted by Gasteiger charge is 2.48. The van der Waals surface area contributed by atoms with E-state index < -0.39 is 80.1 Å².